The second-order valence-electron chi connectivity index (χ2n) is 6.27. The van der Waals surface area contributed by atoms with Gasteiger partial charge in [-0.15, -0.1) is 12.4 Å². The molecule has 0 bridgehead atoms. The average molecular weight is 388 g/mol. The van der Waals surface area contributed by atoms with Gasteiger partial charge in [-0.1, -0.05) is 40.9 Å². The van der Waals surface area contributed by atoms with E-state index in [2.05, 4.69) is 38.7 Å². The Morgan fingerprint density at radius 2 is 1.95 bits per heavy atom. The van der Waals surface area contributed by atoms with E-state index in [9.17, 15) is 4.79 Å². The molecule has 3 atom stereocenters. The number of halogens is 2. The number of amides is 1. The van der Waals surface area contributed by atoms with E-state index in [1.807, 2.05) is 12.1 Å². The highest BCUT2D eigenvalue weighted by Crippen LogP contribution is 2.33. The second-order valence-corrected chi connectivity index (χ2v) is 7.19. The van der Waals surface area contributed by atoms with Gasteiger partial charge in [-0.05, 0) is 49.3 Å². The fraction of sp³-hybridized carbons (Fsp3) is 0.588. The van der Waals surface area contributed by atoms with E-state index in [-0.39, 0.29) is 24.4 Å². The topological polar surface area (TPSA) is 41.1 Å². The Morgan fingerprint density at radius 3 is 2.68 bits per heavy atom. The predicted octanol–water partition coefficient (Wildman–Crippen LogP) is 3.45. The first kappa shape index (κ1) is 17.8. The third kappa shape index (κ3) is 4.46. The van der Waals surface area contributed by atoms with Gasteiger partial charge in [0.05, 0.1) is 6.04 Å². The molecule has 0 aromatic heterocycles. The van der Waals surface area contributed by atoms with Crippen molar-refractivity contribution in [2.24, 2.45) is 5.92 Å². The molecule has 0 radical (unpaired) electrons. The Kier molecular flexibility index (Phi) is 6.72. The van der Waals surface area contributed by atoms with Crippen molar-refractivity contribution in [3.8, 4) is 0 Å². The summed E-state index contributed by atoms with van der Waals surface area (Å²) in [5.41, 5.74) is 1.26. The van der Waals surface area contributed by atoms with Crippen LogP contribution in [0.1, 0.15) is 37.7 Å². The number of nitrogens with one attached hydrogen (secondary N) is 2. The van der Waals surface area contributed by atoms with Gasteiger partial charge in [0.1, 0.15) is 0 Å². The van der Waals surface area contributed by atoms with E-state index in [1.54, 1.807) is 0 Å². The van der Waals surface area contributed by atoms with E-state index in [0.29, 0.717) is 12.6 Å². The molecule has 22 heavy (non-hydrogen) atoms. The second kappa shape index (κ2) is 8.32. The van der Waals surface area contributed by atoms with E-state index in [4.69, 9.17) is 0 Å². The summed E-state index contributed by atoms with van der Waals surface area (Å²) in [7, 11) is 0. The fourth-order valence-corrected chi connectivity index (χ4v) is 3.89. The van der Waals surface area contributed by atoms with Gasteiger partial charge in [0.2, 0.25) is 5.91 Å². The third-order valence-corrected chi connectivity index (χ3v) is 5.33. The van der Waals surface area contributed by atoms with Crippen LogP contribution >= 0.6 is 28.3 Å². The molecule has 2 N–H and O–H groups in total. The lowest BCUT2D eigenvalue weighted by Crippen LogP contribution is -2.43. The van der Waals surface area contributed by atoms with Gasteiger partial charge in [0.15, 0.2) is 0 Å². The Bertz CT molecular complexity index is 480. The van der Waals surface area contributed by atoms with Crippen LogP contribution in [0.2, 0.25) is 0 Å². The van der Waals surface area contributed by atoms with E-state index < -0.39 is 0 Å². The van der Waals surface area contributed by atoms with Gasteiger partial charge in [0, 0.05) is 17.1 Å². The van der Waals surface area contributed by atoms with Crippen molar-refractivity contribution in [3.05, 3.63) is 34.3 Å². The Morgan fingerprint density at radius 1 is 1.23 bits per heavy atom. The van der Waals surface area contributed by atoms with Crippen LogP contribution in [0.4, 0.5) is 0 Å². The van der Waals surface area contributed by atoms with Gasteiger partial charge < -0.3 is 10.6 Å². The SMILES string of the molecule is Cl.O=C(NCCc1ccc(Br)cc1)C1CC2CCCCC2N1. The summed E-state index contributed by atoms with van der Waals surface area (Å²) in [6.45, 7) is 0.716. The van der Waals surface area contributed by atoms with Crippen LogP contribution in [0.3, 0.4) is 0 Å². The molecule has 3 rings (SSSR count). The van der Waals surface area contributed by atoms with Crippen molar-refractivity contribution in [2.45, 2.75) is 50.6 Å². The van der Waals surface area contributed by atoms with Crippen LogP contribution in [0.25, 0.3) is 0 Å². The summed E-state index contributed by atoms with van der Waals surface area (Å²) < 4.78 is 1.09. The summed E-state index contributed by atoms with van der Waals surface area (Å²) in [4.78, 5) is 12.3. The lowest BCUT2D eigenvalue weighted by Gasteiger charge is -2.24. The molecule has 2 aliphatic rings. The number of carbonyl (C=O) groups is 1. The normalized spacial score (nSPS) is 26.9. The largest absolute Gasteiger partial charge is 0.354 e. The van der Waals surface area contributed by atoms with Crippen molar-refractivity contribution >= 4 is 34.2 Å². The highest BCUT2D eigenvalue weighted by Gasteiger charge is 2.37. The predicted molar refractivity (Wildman–Crippen MR) is 95.4 cm³/mol. The molecule has 5 heteroatoms. The molecule has 1 heterocycles. The standard InChI is InChI=1S/C17H23BrN2O.ClH/c18-14-7-5-12(6-8-14)9-10-19-17(21)16-11-13-3-1-2-4-15(13)20-16;/h5-8,13,15-16,20H,1-4,9-11H2,(H,19,21);1H. The monoisotopic (exact) mass is 386 g/mol. The third-order valence-electron chi connectivity index (χ3n) is 4.81. The average Bonchev–Trinajstić information content (AvgIpc) is 2.93. The number of carbonyl (C=O) groups excluding carboxylic acids is 1. The zero-order valence-corrected chi connectivity index (χ0v) is 15.1. The molecular weight excluding hydrogens is 364 g/mol. The summed E-state index contributed by atoms with van der Waals surface area (Å²) in [6.07, 6.45) is 7.09. The van der Waals surface area contributed by atoms with E-state index in [1.165, 1.54) is 31.2 Å². The molecule has 1 aliphatic carbocycles. The summed E-state index contributed by atoms with van der Waals surface area (Å²) >= 11 is 3.43. The van der Waals surface area contributed by atoms with E-state index >= 15 is 0 Å². The highest BCUT2D eigenvalue weighted by atomic mass is 79.9. The Balaban J connectivity index is 0.00000176. The highest BCUT2D eigenvalue weighted by molar-refractivity contribution is 9.10. The molecule has 122 valence electrons. The van der Waals surface area contributed by atoms with Crippen LogP contribution in [-0.2, 0) is 11.2 Å². The number of fused-ring (bicyclic) bond motifs is 1. The van der Waals surface area contributed by atoms with E-state index in [0.717, 1.165) is 23.2 Å². The number of rotatable bonds is 4. The zero-order valence-electron chi connectivity index (χ0n) is 12.7. The van der Waals surface area contributed by atoms with Gasteiger partial charge >= 0.3 is 0 Å². The molecule has 3 unspecified atom stereocenters. The van der Waals surface area contributed by atoms with Gasteiger partial charge in [-0.3, -0.25) is 4.79 Å². The maximum absolute atomic E-state index is 12.3. The summed E-state index contributed by atoms with van der Waals surface area (Å²) in [5, 5.41) is 6.61. The van der Waals surface area contributed by atoms with Crippen LogP contribution in [-0.4, -0.2) is 24.5 Å². The number of hydrogen-bond donors (Lipinski definition) is 2. The number of hydrogen-bond acceptors (Lipinski definition) is 2. The molecule has 2 fully saturated rings. The first-order valence-corrected chi connectivity index (χ1v) is 8.80. The molecule has 1 aromatic rings. The maximum Gasteiger partial charge on any atom is 0.237 e. The van der Waals surface area contributed by atoms with Gasteiger partial charge in [-0.2, -0.15) is 0 Å². The Labute approximate surface area is 147 Å². The first-order valence-electron chi connectivity index (χ1n) is 8.00. The lowest BCUT2D eigenvalue weighted by atomic mass is 9.85. The molecule has 1 amide bonds. The molecule has 1 aliphatic heterocycles. The molecule has 0 spiro atoms. The fourth-order valence-electron chi connectivity index (χ4n) is 3.63. The zero-order chi connectivity index (χ0) is 14.7. The maximum atomic E-state index is 12.3. The molecule has 3 nitrogen and oxygen atoms in total. The molecule has 1 aromatic carbocycles. The van der Waals surface area contributed by atoms with Gasteiger partial charge in [0.25, 0.3) is 0 Å². The van der Waals surface area contributed by atoms with Crippen LogP contribution in [0.5, 0.6) is 0 Å². The summed E-state index contributed by atoms with van der Waals surface area (Å²) in [6, 6.07) is 8.89. The van der Waals surface area contributed by atoms with Crippen molar-refractivity contribution < 1.29 is 4.79 Å². The molecule has 1 saturated heterocycles. The van der Waals surface area contributed by atoms with Crippen molar-refractivity contribution in [2.75, 3.05) is 6.54 Å². The van der Waals surface area contributed by atoms with Crippen LogP contribution in [0, 0.1) is 5.92 Å². The smallest absolute Gasteiger partial charge is 0.237 e. The van der Waals surface area contributed by atoms with Crippen molar-refractivity contribution in [3.63, 3.8) is 0 Å². The van der Waals surface area contributed by atoms with Crippen LogP contribution < -0.4 is 10.6 Å². The van der Waals surface area contributed by atoms with Crippen molar-refractivity contribution in [1.29, 1.82) is 0 Å². The quantitative estimate of drug-likeness (QED) is 0.831. The minimum atomic E-state index is 0. The summed E-state index contributed by atoms with van der Waals surface area (Å²) in [5.74, 6) is 0.905. The Hall–Kier alpha value is -0.580. The van der Waals surface area contributed by atoms with Crippen molar-refractivity contribution in [1.82, 2.24) is 10.6 Å². The molecular formula is C17H24BrClN2O. The lowest BCUT2D eigenvalue weighted by molar-refractivity contribution is -0.122. The number of benzene rings is 1. The minimum absolute atomic E-state index is 0. The molecule has 1 saturated carbocycles. The van der Waals surface area contributed by atoms with Crippen LogP contribution in [0.15, 0.2) is 28.7 Å². The first-order chi connectivity index (χ1) is 10.2. The minimum Gasteiger partial charge on any atom is -0.354 e. The van der Waals surface area contributed by atoms with Gasteiger partial charge in [-0.25, -0.2) is 0 Å².